The highest BCUT2D eigenvalue weighted by Gasteiger charge is 2.40. The summed E-state index contributed by atoms with van der Waals surface area (Å²) in [5.41, 5.74) is 1.81. The van der Waals surface area contributed by atoms with Crippen molar-refractivity contribution in [3.05, 3.63) is 65.7 Å². The summed E-state index contributed by atoms with van der Waals surface area (Å²) in [6, 6.07) is 16.9. The zero-order valence-electron chi connectivity index (χ0n) is 21.8. The Morgan fingerprint density at radius 3 is 2.64 bits per heavy atom. The van der Waals surface area contributed by atoms with Crippen LogP contribution in [0.1, 0.15) is 17.5 Å². The maximum atomic E-state index is 12.9. The van der Waals surface area contributed by atoms with Crippen LogP contribution in [0.5, 0.6) is 5.75 Å². The highest BCUT2D eigenvalue weighted by atomic mass is 16.5. The lowest BCUT2D eigenvalue weighted by molar-refractivity contribution is -0.140. The molecule has 39 heavy (non-hydrogen) atoms. The molecule has 3 fully saturated rings. The lowest BCUT2D eigenvalue weighted by atomic mass is 10.0. The number of ether oxygens (including phenoxy) is 4. The van der Waals surface area contributed by atoms with Crippen molar-refractivity contribution in [2.75, 3.05) is 45.9 Å². The number of carbonyl (C=O) groups is 3. The van der Waals surface area contributed by atoms with E-state index in [0.717, 1.165) is 11.1 Å². The van der Waals surface area contributed by atoms with Crippen molar-refractivity contribution in [1.29, 1.82) is 0 Å². The molecule has 4 amide bonds. The predicted molar refractivity (Wildman–Crippen MR) is 140 cm³/mol. The number of urea groups is 1. The van der Waals surface area contributed by atoms with Gasteiger partial charge in [0.2, 0.25) is 5.91 Å². The van der Waals surface area contributed by atoms with Gasteiger partial charge in [-0.2, -0.15) is 0 Å². The van der Waals surface area contributed by atoms with Gasteiger partial charge in [0.05, 0.1) is 44.5 Å². The highest BCUT2D eigenvalue weighted by molar-refractivity contribution is 5.79. The van der Waals surface area contributed by atoms with Crippen LogP contribution in [0.3, 0.4) is 0 Å². The smallest absolute Gasteiger partial charge is 0.407 e. The Kier molecular flexibility index (Phi) is 8.79. The molecule has 11 heteroatoms. The Hall–Kier alpha value is -3.83. The average Bonchev–Trinajstić information content (AvgIpc) is 2.94. The van der Waals surface area contributed by atoms with Crippen molar-refractivity contribution in [3.63, 3.8) is 0 Å². The fraction of sp³-hybridized carbons (Fsp3) is 0.464. The van der Waals surface area contributed by atoms with Crippen molar-refractivity contribution >= 4 is 18.0 Å². The third kappa shape index (κ3) is 7.18. The Labute approximate surface area is 227 Å². The number of amides is 4. The lowest BCUT2D eigenvalue weighted by Gasteiger charge is -2.46. The Balaban J connectivity index is 0.988. The molecule has 5 rings (SSSR count). The molecule has 0 spiro atoms. The molecule has 2 aromatic rings. The van der Waals surface area contributed by atoms with E-state index in [-0.39, 0.29) is 50.0 Å². The largest absolute Gasteiger partial charge is 0.491 e. The summed E-state index contributed by atoms with van der Waals surface area (Å²) in [6.07, 6.45) is 0.138. The molecule has 2 aromatic carbocycles. The van der Waals surface area contributed by atoms with E-state index in [1.807, 2.05) is 54.6 Å². The van der Waals surface area contributed by atoms with Crippen LogP contribution in [-0.4, -0.2) is 92.0 Å². The number of piperidine rings is 1. The van der Waals surface area contributed by atoms with Gasteiger partial charge in [-0.15, -0.1) is 0 Å². The third-order valence-corrected chi connectivity index (χ3v) is 7.00. The summed E-state index contributed by atoms with van der Waals surface area (Å²) >= 11 is 0. The van der Waals surface area contributed by atoms with E-state index in [1.165, 1.54) is 0 Å². The quantitative estimate of drug-likeness (QED) is 0.468. The molecule has 0 aromatic heterocycles. The van der Waals surface area contributed by atoms with Crippen LogP contribution in [0.4, 0.5) is 9.59 Å². The van der Waals surface area contributed by atoms with E-state index in [9.17, 15) is 14.4 Å². The second kappa shape index (κ2) is 12.8. The van der Waals surface area contributed by atoms with Crippen molar-refractivity contribution in [2.24, 2.45) is 0 Å². The topological polar surface area (TPSA) is 119 Å². The van der Waals surface area contributed by atoms with Gasteiger partial charge in [0.1, 0.15) is 25.6 Å². The van der Waals surface area contributed by atoms with Gasteiger partial charge < -0.3 is 39.4 Å². The standard InChI is InChI=1S/C28H34N4O7/c33-26-19-38-25-10-12-31(16-23(25)30-26)28(35)32-14-22(15-32)37-18-21-8-4-5-9-24(21)36-13-11-29-27(34)39-17-20-6-2-1-3-7-20/h1-9,22-23,25H,10-19H2,(H,29,34)(H,30,33)/t23-,25+/m1/s1. The average molecular weight is 539 g/mol. The van der Waals surface area contributed by atoms with Gasteiger partial charge in [-0.3, -0.25) is 4.79 Å². The molecule has 2 N–H and O–H groups in total. The maximum absolute atomic E-state index is 12.9. The fourth-order valence-corrected chi connectivity index (χ4v) is 4.83. The number of hydrogen-bond donors (Lipinski definition) is 2. The van der Waals surface area contributed by atoms with Crippen LogP contribution in [-0.2, 0) is 32.2 Å². The molecular weight excluding hydrogens is 504 g/mol. The van der Waals surface area contributed by atoms with Crippen LogP contribution in [0, 0.1) is 0 Å². The number of benzene rings is 2. The van der Waals surface area contributed by atoms with Gasteiger partial charge in [-0.05, 0) is 18.1 Å². The van der Waals surface area contributed by atoms with Crippen LogP contribution >= 0.6 is 0 Å². The number of hydrogen-bond acceptors (Lipinski definition) is 7. The number of nitrogens with zero attached hydrogens (tertiary/aromatic N) is 2. The molecule has 0 aliphatic carbocycles. The summed E-state index contributed by atoms with van der Waals surface area (Å²) in [5.74, 6) is 0.550. The van der Waals surface area contributed by atoms with Crippen LogP contribution in [0.15, 0.2) is 54.6 Å². The summed E-state index contributed by atoms with van der Waals surface area (Å²) in [7, 11) is 0. The molecule has 0 unspecified atom stereocenters. The zero-order chi connectivity index (χ0) is 27.0. The molecule has 3 aliphatic rings. The fourth-order valence-electron chi connectivity index (χ4n) is 4.83. The van der Waals surface area contributed by atoms with Crippen molar-refractivity contribution < 1.29 is 33.3 Å². The van der Waals surface area contributed by atoms with Crippen molar-refractivity contribution in [1.82, 2.24) is 20.4 Å². The highest BCUT2D eigenvalue weighted by Crippen LogP contribution is 2.24. The molecule has 208 valence electrons. The van der Waals surface area contributed by atoms with Gasteiger partial charge in [0.25, 0.3) is 0 Å². The number of nitrogens with one attached hydrogen (secondary N) is 2. The van der Waals surface area contributed by atoms with Gasteiger partial charge in [0.15, 0.2) is 0 Å². The second-order valence-corrected chi connectivity index (χ2v) is 9.82. The third-order valence-electron chi connectivity index (χ3n) is 7.00. The summed E-state index contributed by atoms with van der Waals surface area (Å²) in [5, 5.41) is 5.61. The zero-order valence-corrected chi connectivity index (χ0v) is 21.8. The maximum Gasteiger partial charge on any atom is 0.407 e. The minimum Gasteiger partial charge on any atom is -0.491 e. The van der Waals surface area contributed by atoms with Crippen LogP contribution in [0.2, 0.25) is 0 Å². The monoisotopic (exact) mass is 538 g/mol. The van der Waals surface area contributed by atoms with Crippen LogP contribution < -0.4 is 15.4 Å². The SMILES string of the molecule is O=C1CO[C@H]2CCN(C(=O)N3CC(OCc4ccccc4OCCNC(=O)OCc4ccccc4)C3)C[C@H]2N1. The van der Waals surface area contributed by atoms with Gasteiger partial charge in [-0.1, -0.05) is 48.5 Å². The number of carbonyl (C=O) groups excluding carboxylic acids is 3. The number of rotatable bonds is 9. The number of fused-ring (bicyclic) bond motifs is 1. The van der Waals surface area contributed by atoms with Crippen LogP contribution in [0.25, 0.3) is 0 Å². The van der Waals surface area contributed by atoms with E-state index in [2.05, 4.69) is 10.6 Å². The van der Waals surface area contributed by atoms with Gasteiger partial charge >= 0.3 is 12.1 Å². The molecule has 3 saturated heterocycles. The second-order valence-electron chi connectivity index (χ2n) is 9.82. The number of alkyl carbamates (subject to hydrolysis) is 1. The van der Waals surface area contributed by atoms with Gasteiger partial charge in [-0.25, -0.2) is 9.59 Å². The minimum atomic E-state index is -0.496. The summed E-state index contributed by atoms with van der Waals surface area (Å²) < 4.78 is 22.7. The lowest BCUT2D eigenvalue weighted by Crippen LogP contribution is -2.65. The normalized spacial score (nSPS) is 20.9. The summed E-state index contributed by atoms with van der Waals surface area (Å²) in [4.78, 5) is 40.0. The number of para-hydroxylation sites is 1. The first-order valence-corrected chi connectivity index (χ1v) is 13.3. The minimum absolute atomic E-state index is 0.0225. The first-order chi connectivity index (χ1) is 19.0. The molecule has 11 nitrogen and oxygen atoms in total. The molecule has 3 aliphatic heterocycles. The molecule has 0 radical (unpaired) electrons. The molecule has 2 atom stereocenters. The molecule has 0 saturated carbocycles. The van der Waals surface area contributed by atoms with E-state index < -0.39 is 6.09 Å². The Morgan fingerprint density at radius 1 is 1.00 bits per heavy atom. The van der Waals surface area contributed by atoms with E-state index in [1.54, 1.807) is 9.80 Å². The first-order valence-electron chi connectivity index (χ1n) is 13.3. The summed E-state index contributed by atoms with van der Waals surface area (Å²) in [6.45, 7) is 3.35. The molecule has 3 heterocycles. The van der Waals surface area contributed by atoms with E-state index >= 15 is 0 Å². The first kappa shape index (κ1) is 26.8. The van der Waals surface area contributed by atoms with Gasteiger partial charge in [0, 0.05) is 18.7 Å². The molecule has 0 bridgehead atoms. The number of likely N-dealkylation sites (tertiary alicyclic amines) is 2. The predicted octanol–water partition coefficient (Wildman–Crippen LogP) is 1.90. The molecular formula is C28H34N4O7. The number of morpholine rings is 1. The van der Waals surface area contributed by atoms with Crippen molar-refractivity contribution in [3.8, 4) is 5.75 Å². The Bertz CT molecular complexity index is 1140. The Morgan fingerprint density at radius 2 is 1.79 bits per heavy atom. The van der Waals surface area contributed by atoms with E-state index in [0.29, 0.717) is 51.5 Å². The van der Waals surface area contributed by atoms with Crippen molar-refractivity contribution in [2.45, 2.75) is 37.9 Å². The van der Waals surface area contributed by atoms with E-state index in [4.69, 9.17) is 18.9 Å².